The van der Waals surface area contributed by atoms with Gasteiger partial charge in [0.05, 0.1) is 6.61 Å². The number of rotatable bonds is 2. The van der Waals surface area contributed by atoms with Crippen molar-refractivity contribution in [2.75, 3.05) is 26.7 Å². The van der Waals surface area contributed by atoms with Crippen LogP contribution in [0.5, 0.6) is 0 Å². The van der Waals surface area contributed by atoms with Crippen molar-refractivity contribution in [2.45, 2.75) is 44.4 Å². The monoisotopic (exact) mass is 261 g/mol. The highest BCUT2D eigenvalue weighted by Crippen LogP contribution is 2.34. The molecule has 0 saturated carbocycles. The molecule has 0 amide bonds. The highest BCUT2D eigenvalue weighted by Gasteiger charge is 2.35. The van der Waals surface area contributed by atoms with Crippen LogP contribution < -0.4 is 0 Å². The summed E-state index contributed by atoms with van der Waals surface area (Å²) in [5, 5.41) is 9.92. The molecule has 106 valence electrons. The molecule has 1 aliphatic heterocycles. The summed E-state index contributed by atoms with van der Waals surface area (Å²) >= 11 is 0. The van der Waals surface area contributed by atoms with Crippen molar-refractivity contribution in [3.8, 4) is 0 Å². The number of hydrogen-bond donors (Lipinski definition) is 1. The van der Waals surface area contributed by atoms with Crippen molar-refractivity contribution in [1.82, 2.24) is 4.90 Å². The molecule has 0 aromatic heterocycles. The van der Waals surface area contributed by atoms with Crippen molar-refractivity contribution < 1.29 is 5.11 Å². The molecule has 0 spiro atoms. The Bertz CT molecular complexity index is 418. The van der Waals surface area contributed by atoms with Gasteiger partial charge in [0.25, 0.3) is 0 Å². The number of likely N-dealkylation sites (N-methyl/N-ethyl adjacent to an activating group) is 1. The molecule has 2 rings (SSSR count). The van der Waals surface area contributed by atoms with Crippen LogP contribution in [-0.4, -0.2) is 36.8 Å². The third-order valence-electron chi connectivity index (χ3n) is 4.43. The fourth-order valence-corrected chi connectivity index (χ4v) is 3.14. The topological polar surface area (TPSA) is 23.5 Å². The van der Waals surface area contributed by atoms with Crippen molar-refractivity contribution in [1.29, 1.82) is 0 Å². The number of aliphatic hydroxyl groups is 1. The summed E-state index contributed by atoms with van der Waals surface area (Å²) in [6.07, 6.45) is 2.25. The van der Waals surface area contributed by atoms with Crippen LogP contribution >= 0.6 is 0 Å². The Morgan fingerprint density at radius 2 is 1.84 bits per heavy atom. The second kappa shape index (κ2) is 5.26. The molecule has 1 saturated heterocycles. The van der Waals surface area contributed by atoms with E-state index in [4.69, 9.17) is 0 Å². The highest BCUT2D eigenvalue weighted by molar-refractivity contribution is 5.33. The maximum atomic E-state index is 9.92. The summed E-state index contributed by atoms with van der Waals surface area (Å²) in [7, 11) is 2.15. The van der Waals surface area contributed by atoms with Gasteiger partial charge >= 0.3 is 0 Å². The van der Waals surface area contributed by atoms with Gasteiger partial charge < -0.3 is 10.0 Å². The predicted molar refractivity (Wildman–Crippen MR) is 80.6 cm³/mol. The zero-order valence-electron chi connectivity index (χ0n) is 12.7. The van der Waals surface area contributed by atoms with E-state index >= 15 is 0 Å². The first-order chi connectivity index (χ1) is 8.87. The molecular weight excluding hydrogens is 234 g/mol. The van der Waals surface area contributed by atoms with E-state index in [2.05, 4.69) is 57.0 Å². The average Bonchev–Trinajstić information content (AvgIpc) is 2.38. The van der Waals surface area contributed by atoms with Gasteiger partial charge in [0.15, 0.2) is 0 Å². The van der Waals surface area contributed by atoms with Crippen LogP contribution in [0.4, 0.5) is 0 Å². The second-order valence-electron chi connectivity index (χ2n) is 7.11. The zero-order valence-corrected chi connectivity index (χ0v) is 12.7. The molecule has 1 heterocycles. The summed E-state index contributed by atoms with van der Waals surface area (Å²) in [5.74, 6) is 0. The number of nitrogens with zero attached hydrogens (tertiary/aromatic N) is 1. The van der Waals surface area contributed by atoms with Crippen LogP contribution in [-0.2, 0) is 10.8 Å². The van der Waals surface area contributed by atoms with E-state index in [-0.39, 0.29) is 17.4 Å². The molecule has 0 radical (unpaired) electrons. The number of benzene rings is 1. The summed E-state index contributed by atoms with van der Waals surface area (Å²) in [4.78, 5) is 2.33. The Kier molecular flexibility index (Phi) is 4.03. The van der Waals surface area contributed by atoms with E-state index in [1.165, 1.54) is 11.1 Å². The molecule has 1 fully saturated rings. The van der Waals surface area contributed by atoms with Crippen LogP contribution in [0.3, 0.4) is 0 Å². The van der Waals surface area contributed by atoms with Crippen molar-refractivity contribution in [3.05, 3.63) is 35.4 Å². The molecule has 1 aromatic carbocycles. The lowest BCUT2D eigenvalue weighted by Crippen LogP contribution is -2.46. The minimum absolute atomic E-state index is 0.0661. The Morgan fingerprint density at radius 3 is 2.32 bits per heavy atom. The molecule has 1 atom stereocenters. The van der Waals surface area contributed by atoms with Gasteiger partial charge in [-0.3, -0.25) is 0 Å². The molecule has 19 heavy (non-hydrogen) atoms. The summed E-state index contributed by atoms with van der Waals surface area (Å²) < 4.78 is 0. The predicted octanol–water partition coefficient (Wildman–Crippen LogP) is 2.94. The molecule has 0 aliphatic carbocycles. The van der Waals surface area contributed by atoms with E-state index in [1.807, 2.05) is 0 Å². The minimum Gasteiger partial charge on any atom is -0.395 e. The summed E-state index contributed by atoms with van der Waals surface area (Å²) in [6.45, 7) is 9.04. The number of hydrogen-bond acceptors (Lipinski definition) is 2. The molecule has 1 aromatic rings. The lowest BCUT2D eigenvalue weighted by atomic mass is 9.74. The van der Waals surface area contributed by atoms with Crippen LogP contribution in [0.2, 0.25) is 0 Å². The van der Waals surface area contributed by atoms with E-state index < -0.39 is 0 Å². The third kappa shape index (κ3) is 3.01. The SMILES string of the molecule is CN1CCCC(CO)(c2ccc(C(C)(C)C)cc2)C1. The molecular formula is C17H27NO. The van der Waals surface area contributed by atoms with E-state index in [9.17, 15) is 5.11 Å². The summed E-state index contributed by atoms with van der Waals surface area (Å²) in [6, 6.07) is 8.88. The normalized spacial score (nSPS) is 25.5. The third-order valence-corrected chi connectivity index (χ3v) is 4.43. The maximum Gasteiger partial charge on any atom is 0.0540 e. The quantitative estimate of drug-likeness (QED) is 0.885. The van der Waals surface area contributed by atoms with Crippen molar-refractivity contribution in [2.24, 2.45) is 0 Å². The van der Waals surface area contributed by atoms with E-state index in [1.54, 1.807) is 0 Å². The first-order valence-electron chi connectivity index (χ1n) is 7.28. The van der Waals surface area contributed by atoms with Gasteiger partial charge in [-0.2, -0.15) is 0 Å². The standard InChI is InChI=1S/C17H27NO/c1-16(2,3)14-6-8-15(9-7-14)17(13-19)10-5-11-18(4)12-17/h6-9,19H,5,10-13H2,1-4H3. The van der Waals surface area contributed by atoms with Crippen LogP contribution in [0.1, 0.15) is 44.7 Å². The van der Waals surface area contributed by atoms with Gasteiger partial charge in [0.2, 0.25) is 0 Å². The van der Waals surface area contributed by atoms with Gasteiger partial charge in [-0.1, -0.05) is 45.0 Å². The zero-order chi connectivity index (χ0) is 14.1. The smallest absolute Gasteiger partial charge is 0.0540 e. The van der Waals surface area contributed by atoms with Gasteiger partial charge in [-0.25, -0.2) is 0 Å². The van der Waals surface area contributed by atoms with Crippen LogP contribution in [0, 0.1) is 0 Å². The Balaban J connectivity index is 2.29. The molecule has 1 unspecified atom stereocenters. The highest BCUT2D eigenvalue weighted by atomic mass is 16.3. The molecule has 1 aliphatic rings. The number of likely N-dealkylation sites (tertiary alicyclic amines) is 1. The fourth-order valence-electron chi connectivity index (χ4n) is 3.14. The Labute approximate surface area is 117 Å². The average molecular weight is 261 g/mol. The molecule has 2 nitrogen and oxygen atoms in total. The lowest BCUT2D eigenvalue weighted by molar-refractivity contribution is 0.105. The van der Waals surface area contributed by atoms with Gasteiger partial charge in [-0.15, -0.1) is 0 Å². The molecule has 0 bridgehead atoms. The minimum atomic E-state index is -0.0661. The largest absolute Gasteiger partial charge is 0.395 e. The number of piperidine rings is 1. The second-order valence-corrected chi connectivity index (χ2v) is 7.11. The first kappa shape index (κ1) is 14.5. The van der Waals surface area contributed by atoms with Gasteiger partial charge in [-0.05, 0) is 43.0 Å². The number of aliphatic hydroxyl groups excluding tert-OH is 1. The fraction of sp³-hybridized carbons (Fsp3) is 0.647. The van der Waals surface area contributed by atoms with Crippen LogP contribution in [0.15, 0.2) is 24.3 Å². The summed E-state index contributed by atoms with van der Waals surface area (Å²) in [5.41, 5.74) is 2.76. The Morgan fingerprint density at radius 1 is 1.21 bits per heavy atom. The lowest BCUT2D eigenvalue weighted by Gasteiger charge is -2.41. The van der Waals surface area contributed by atoms with E-state index in [0.717, 1.165) is 25.9 Å². The van der Waals surface area contributed by atoms with Gasteiger partial charge in [0.1, 0.15) is 0 Å². The van der Waals surface area contributed by atoms with Crippen molar-refractivity contribution in [3.63, 3.8) is 0 Å². The van der Waals surface area contributed by atoms with Crippen LogP contribution in [0.25, 0.3) is 0 Å². The molecule has 2 heteroatoms. The van der Waals surface area contributed by atoms with Gasteiger partial charge in [0, 0.05) is 12.0 Å². The first-order valence-corrected chi connectivity index (χ1v) is 7.28. The molecule has 1 N–H and O–H groups in total. The van der Waals surface area contributed by atoms with Crippen molar-refractivity contribution >= 4 is 0 Å². The Hall–Kier alpha value is -0.860. The van der Waals surface area contributed by atoms with E-state index in [0.29, 0.717) is 0 Å². The maximum absolute atomic E-state index is 9.92.